The summed E-state index contributed by atoms with van der Waals surface area (Å²) in [7, 11) is 0. The van der Waals surface area contributed by atoms with Gasteiger partial charge in [-0.05, 0) is 12.8 Å². The standard InChI is InChI=1S/C18H21N5O6/c1-7(2)12(25)21-15-20-11-8(13(26)22-15)19-6-23(11)14-9-10-17(5-24,29-14)16(3-4-16)18(10,27)28-9/h6-7,9-10,14,24,27H,3-5H2,1-2H3,(H2,20,21,22,25,26)/t9?,10?,14-,17-,18?/m1/s1. The number of ether oxygens (including phenoxy) is 2. The van der Waals surface area contributed by atoms with Crippen LogP contribution in [0.2, 0.25) is 0 Å². The van der Waals surface area contributed by atoms with Gasteiger partial charge in [0.25, 0.3) is 5.56 Å². The van der Waals surface area contributed by atoms with E-state index in [0.29, 0.717) is 0 Å². The molecule has 2 aliphatic heterocycles. The van der Waals surface area contributed by atoms with Crippen molar-refractivity contribution in [3.8, 4) is 0 Å². The smallest absolute Gasteiger partial charge is 0.280 e. The van der Waals surface area contributed by atoms with Crippen LogP contribution in [0.15, 0.2) is 11.1 Å². The molecule has 11 heteroatoms. The Morgan fingerprint density at radius 2 is 2.21 bits per heavy atom. The molecule has 2 saturated heterocycles. The van der Waals surface area contributed by atoms with Crippen LogP contribution >= 0.6 is 0 Å². The van der Waals surface area contributed by atoms with Crippen molar-refractivity contribution in [1.82, 2.24) is 19.5 Å². The number of nitrogens with one attached hydrogen (secondary N) is 2. The number of aromatic nitrogens is 4. The van der Waals surface area contributed by atoms with Crippen LogP contribution in [-0.4, -0.2) is 59.7 Å². The van der Waals surface area contributed by atoms with Gasteiger partial charge in [-0.3, -0.25) is 24.5 Å². The molecule has 3 unspecified atom stereocenters. The quantitative estimate of drug-likeness (QED) is 0.532. The van der Waals surface area contributed by atoms with Gasteiger partial charge in [-0.1, -0.05) is 13.8 Å². The lowest BCUT2D eigenvalue weighted by Crippen LogP contribution is -2.85. The third-order valence-electron chi connectivity index (χ3n) is 7.13. The number of hydrogen-bond acceptors (Lipinski definition) is 8. The highest BCUT2D eigenvalue weighted by Gasteiger charge is 2.96. The summed E-state index contributed by atoms with van der Waals surface area (Å²) >= 11 is 0. The maximum Gasteiger partial charge on any atom is 0.280 e. The summed E-state index contributed by atoms with van der Waals surface area (Å²) < 4.78 is 13.7. The Bertz CT molecular complexity index is 1120. The van der Waals surface area contributed by atoms with Crippen LogP contribution in [-0.2, 0) is 14.3 Å². The molecule has 4 aliphatic rings. The van der Waals surface area contributed by atoms with Crippen molar-refractivity contribution in [3.05, 3.63) is 16.7 Å². The molecular formula is C18H21N5O6. The number of aliphatic hydroxyl groups excluding tert-OH is 1. The minimum absolute atomic E-state index is 0.0190. The first kappa shape index (κ1) is 17.5. The van der Waals surface area contributed by atoms with Crippen molar-refractivity contribution in [2.75, 3.05) is 11.9 Å². The third kappa shape index (κ3) is 1.75. The lowest BCUT2D eigenvalue weighted by Gasteiger charge is -2.68. The number of imidazole rings is 1. The number of hydrogen-bond donors (Lipinski definition) is 4. The van der Waals surface area contributed by atoms with Crippen LogP contribution in [0.1, 0.15) is 32.9 Å². The maximum absolute atomic E-state index is 12.4. The van der Waals surface area contributed by atoms with Crippen molar-refractivity contribution >= 4 is 23.0 Å². The molecule has 5 atom stereocenters. The van der Waals surface area contributed by atoms with E-state index in [-0.39, 0.29) is 41.5 Å². The van der Waals surface area contributed by atoms with Gasteiger partial charge in [-0.15, -0.1) is 0 Å². The topological polar surface area (TPSA) is 152 Å². The normalized spacial score (nSPS) is 38.0. The highest BCUT2D eigenvalue weighted by atomic mass is 16.7. The van der Waals surface area contributed by atoms with Gasteiger partial charge >= 0.3 is 0 Å². The fourth-order valence-corrected chi connectivity index (χ4v) is 5.55. The molecule has 0 aromatic carbocycles. The highest BCUT2D eigenvalue weighted by Crippen LogP contribution is 2.84. The van der Waals surface area contributed by atoms with Gasteiger partial charge in [-0.25, -0.2) is 4.98 Å². The number of carbonyl (C=O) groups is 1. The first-order chi connectivity index (χ1) is 13.8. The zero-order chi connectivity index (χ0) is 20.3. The van der Waals surface area contributed by atoms with Crippen molar-refractivity contribution in [2.24, 2.45) is 17.3 Å². The van der Waals surface area contributed by atoms with E-state index in [1.807, 2.05) is 0 Å². The fourth-order valence-electron chi connectivity index (χ4n) is 5.55. The Labute approximate surface area is 164 Å². The number of aromatic amines is 1. The molecule has 154 valence electrons. The minimum Gasteiger partial charge on any atom is -0.393 e. The number of amides is 1. The molecule has 4 N–H and O–H groups in total. The number of nitrogens with zero attached hydrogens (tertiary/aromatic N) is 3. The Kier molecular flexibility index (Phi) is 3.04. The number of anilines is 1. The zero-order valence-electron chi connectivity index (χ0n) is 15.9. The molecule has 1 spiro atoms. The Hall–Kier alpha value is -2.34. The van der Waals surface area contributed by atoms with E-state index in [1.165, 1.54) is 6.33 Å². The van der Waals surface area contributed by atoms with Gasteiger partial charge in [-0.2, -0.15) is 4.98 Å². The van der Waals surface area contributed by atoms with Crippen molar-refractivity contribution < 1.29 is 24.5 Å². The number of carbonyl (C=O) groups excluding carboxylic acids is 1. The summed E-state index contributed by atoms with van der Waals surface area (Å²) in [4.78, 5) is 35.4. The Balaban J connectivity index is 1.41. The lowest BCUT2D eigenvalue weighted by molar-refractivity contribution is -0.479. The largest absolute Gasteiger partial charge is 0.393 e. The van der Waals surface area contributed by atoms with E-state index in [1.54, 1.807) is 18.4 Å². The molecule has 4 heterocycles. The van der Waals surface area contributed by atoms with Gasteiger partial charge in [0.05, 0.1) is 24.3 Å². The molecule has 2 aliphatic carbocycles. The predicted molar refractivity (Wildman–Crippen MR) is 96.5 cm³/mol. The van der Waals surface area contributed by atoms with Gasteiger partial charge in [0, 0.05) is 5.92 Å². The molecular weight excluding hydrogens is 382 g/mol. The van der Waals surface area contributed by atoms with Gasteiger partial charge in [0.15, 0.2) is 23.2 Å². The zero-order valence-corrected chi connectivity index (χ0v) is 15.9. The summed E-state index contributed by atoms with van der Waals surface area (Å²) in [5.41, 5.74) is -1.58. The summed E-state index contributed by atoms with van der Waals surface area (Å²) in [6.45, 7) is 3.25. The van der Waals surface area contributed by atoms with E-state index in [9.17, 15) is 19.8 Å². The second-order valence-corrected chi connectivity index (χ2v) is 8.78. The molecule has 11 nitrogen and oxygen atoms in total. The van der Waals surface area contributed by atoms with E-state index in [4.69, 9.17) is 9.47 Å². The van der Waals surface area contributed by atoms with Gasteiger partial charge in [0.1, 0.15) is 11.7 Å². The molecule has 6 rings (SSSR count). The SMILES string of the molecule is CC(C)C(=O)Nc1nc2c(ncn2[C@@H]2O[C@]3(CO)C4C2OC4(O)C32CC2)c(=O)[nH]1. The highest BCUT2D eigenvalue weighted by molar-refractivity contribution is 5.91. The van der Waals surface area contributed by atoms with Crippen LogP contribution in [0.3, 0.4) is 0 Å². The average Bonchev–Trinajstić information content (AvgIpc) is 3.35. The van der Waals surface area contributed by atoms with E-state index < -0.39 is 34.7 Å². The average molecular weight is 403 g/mol. The van der Waals surface area contributed by atoms with E-state index in [0.717, 1.165) is 12.8 Å². The lowest BCUT2D eigenvalue weighted by atomic mass is 9.49. The van der Waals surface area contributed by atoms with Crippen LogP contribution in [0.5, 0.6) is 0 Å². The molecule has 2 aromatic heterocycles. The van der Waals surface area contributed by atoms with Gasteiger partial charge in [0.2, 0.25) is 11.9 Å². The van der Waals surface area contributed by atoms with Crippen molar-refractivity contribution in [3.63, 3.8) is 0 Å². The van der Waals surface area contributed by atoms with Crippen LogP contribution in [0.25, 0.3) is 11.2 Å². The number of fused-ring (bicyclic) bond motifs is 3. The molecule has 0 bridgehead atoms. The second-order valence-electron chi connectivity index (χ2n) is 8.78. The maximum atomic E-state index is 12.4. The predicted octanol–water partition coefficient (Wildman–Crippen LogP) is -0.529. The first-order valence-corrected chi connectivity index (χ1v) is 9.74. The summed E-state index contributed by atoms with van der Waals surface area (Å²) in [5, 5.41) is 23.5. The Morgan fingerprint density at radius 3 is 2.86 bits per heavy atom. The van der Waals surface area contributed by atoms with E-state index in [2.05, 4.69) is 20.3 Å². The Morgan fingerprint density at radius 1 is 1.45 bits per heavy atom. The summed E-state index contributed by atoms with van der Waals surface area (Å²) in [5.74, 6) is -2.14. The second kappa shape index (κ2) is 5.04. The van der Waals surface area contributed by atoms with Crippen molar-refractivity contribution in [1.29, 1.82) is 0 Å². The van der Waals surface area contributed by atoms with Crippen LogP contribution in [0, 0.1) is 17.3 Å². The van der Waals surface area contributed by atoms with Crippen LogP contribution in [0.4, 0.5) is 5.95 Å². The molecule has 29 heavy (non-hydrogen) atoms. The van der Waals surface area contributed by atoms with E-state index >= 15 is 0 Å². The molecule has 0 radical (unpaired) electrons. The van der Waals surface area contributed by atoms with Gasteiger partial charge < -0.3 is 19.7 Å². The number of rotatable bonds is 4. The molecule has 2 aromatic rings. The molecule has 2 saturated carbocycles. The van der Waals surface area contributed by atoms with Crippen LogP contribution < -0.4 is 10.9 Å². The van der Waals surface area contributed by atoms with Crippen molar-refractivity contribution in [2.45, 2.75) is 50.4 Å². The summed E-state index contributed by atoms with van der Waals surface area (Å²) in [6, 6.07) is 0. The number of H-pyrrole nitrogens is 1. The molecule has 4 fully saturated rings. The minimum atomic E-state index is -1.26. The molecule has 1 amide bonds. The number of aliphatic hydroxyl groups is 2. The monoisotopic (exact) mass is 403 g/mol. The summed E-state index contributed by atoms with van der Waals surface area (Å²) in [6.07, 6.45) is 1.72. The fraction of sp³-hybridized carbons (Fsp3) is 0.667. The first-order valence-electron chi connectivity index (χ1n) is 9.74. The third-order valence-corrected chi connectivity index (χ3v) is 7.13.